The molecule has 0 saturated heterocycles. The van der Waals surface area contributed by atoms with E-state index in [9.17, 15) is 4.79 Å². The number of hydrogen-bond acceptors (Lipinski definition) is 2. The Morgan fingerprint density at radius 2 is 2.45 bits per heavy atom. The van der Waals surface area contributed by atoms with E-state index in [1.807, 2.05) is 13.0 Å². The smallest absolute Gasteiger partial charge is 0.310 e. The second-order valence-electron chi connectivity index (χ2n) is 3.01. The summed E-state index contributed by atoms with van der Waals surface area (Å²) < 4.78 is 5.08. The molecule has 11 heavy (non-hydrogen) atoms. The van der Waals surface area contributed by atoms with Gasteiger partial charge in [0.2, 0.25) is 0 Å². The molecule has 2 heteroatoms. The van der Waals surface area contributed by atoms with E-state index in [0.29, 0.717) is 6.42 Å². The summed E-state index contributed by atoms with van der Waals surface area (Å²) >= 11 is 0. The molecule has 1 unspecified atom stereocenters. The Bertz CT molecular complexity index is 182. The van der Waals surface area contributed by atoms with Crippen LogP contribution in [0, 0.1) is 0 Å². The first kappa shape index (κ1) is 8.31. The molecule has 0 radical (unpaired) electrons. The molecule has 0 aromatic carbocycles. The van der Waals surface area contributed by atoms with E-state index in [1.165, 1.54) is 0 Å². The van der Waals surface area contributed by atoms with E-state index in [1.54, 1.807) is 0 Å². The van der Waals surface area contributed by atoms with E-state index in [2.05, 4.69) is 6.92 Å². The Morgan fingerprint density at radius 1 is 1.73 bits per heavy atom. The molecular formula is C9H14O2. The molecule has 0 saturated carbocycles. The van der Waals surface area contributed by atoms with Crippen molar-refractivity contribution in [2.75, 3.05) is 0 Å². The molecule has 2 nitrogen and oxygen atoms in total. The van der Waals surface area contributed by atoms with Gasteiger partial charge in [0.15, 0.2) is 0 Å². The van der Waals surface area contributed by atoms with Gasteiger partial charge in [0.1, 0.15) is 6.10 Å². The number of hydrogen-bond donors (Lipinski definition) is 0. The quantitative estimate of drug-likeness (QED) is 0.449. The minimum atomic E-state index is -0.0801. The zero-order valence-corrected chi connectivity index (χ0v) is 7.09. The number of cyclic esters (lactones) is 1. The molecule has 0 N–H and O–H groups in total. The molecule has 0 aromatic heterocycles. The second-order valence-corrected chi connectivity index (χ2v) is 3.01. The molecule has 0 fully saturated rings. The average molecular weight is 154 g/mol. The number of ether oxygens (including phenoxy) is 1. The summed E-state index contributed by atoms with van der Waals surface area (Å²) in [4.78, 5) is 10.9. The van der Waals surface area contributed by atoms with Crippen molar-refractivity contribution in [3.05, 3.63) is 11.6 Å². The first-order chi connectivity index (χ1) is 5.22. The van der Waals surface area contributed by atoms with Crippen LogP contribution in [-0.2, 0) is 9.53 Å². The highest BCUT2D eigenvalue weighted by Crippen LogP contribution is 2.16. The summed E-state index contributed by atoms with van der Waals surface area (Å²) in [6.45, 7) is 4.06. The largest absolute Gasteiger partial charge is 0.458 e. The summed E-state index contributed by atoms with van der Waals surface area (Å²) in [5.41, 5.74) is 1.14. The first-order valence-electron chi connectivity index (χ1n) is 4.09. The lowest BCUT2D eigenvalue weighted by Gasteiger charge is -2.19. The Morgan fingerprint density at radius 3 is 3.00 bits per heavy atom. The molecule has 0 aromatic rings. The van der Waals surface area contributed by atoms with Crippen LogP contribution in [0.1, 0.15) is 33.1 Å². The van der Waals surface area contributed by atoms with Gasteiger partial charge >= 0.3 is 5.97 Å². The highest BCUT2D eigenvalue weighted by Gasteiger charge is 2.17. The van der Waals surface area contributed by atoms with Crippen LogP contribution >= 0.6 is 0 Å². The predicted octanol–water partition coefficient (Wildman–Crippen LogP) is 2.05. The molecule has 1 atom stereocenters. The zero-order chi connectivity index (χ0) is 8.27. The van der Waals surface area contributed by atoms with Crippen molar-refractivity contribution in [2.24, 2.45) is 0 Å². The van der Waals surface area contributed by atoms with Crippen molar-refractivity contribution in [2.45, 2.75) is 39.2 Å². The lowest BCUT2D eigenvalue weighted by Crippen LogP contribution is -2.20. The van der Waals surface area contributed by atoms with Crippen LogP contribution in [0.5, 0.6) is 0 Å². The first-order valence-corrected chi connectivity index (χ1v) is 4.09. The fraction of sp³-hybridized carbons (Fsp3) is 0.667. The van der Waals surface area contributed by atoms with Gasteiger partial charge in [-0.15, -0.1) is 0 Å². The number of carbonyl (C=O) groups is 1. The fourth-order valence-electron chi connectivity index (χ4n) is 1.28. The van der Waals surface area contributed by atoms with E-state index >= 15 is 0 Å². The molecule has 1 aliphatic heterocycles. The fourth-order valence-corrected chi connectivity index (χ4v) is 1.28. The van der Waals surface area contributed by atoms with Crippen molar-refractivity contribution < 1.29 is 9.53 Å². The molecule has 62 valence electrons. The van der Waals surface area contributed by atoms with Gasteiger partial charge in [-0.05, 0) is 19.4 Å². The van der Waals surface area contributed by atoms with Crippen LogP contribution in [0.15, 0.2) is 11.6 Å². The van der Waals surface area contributed by atoms with Crippen molar-refractivity contribution in [1.82, 2.24) is 0 Å². The predicted molar refractivity (Wildman–Crippen MR) is 43.2 cm³/mol. The van der Waals surface area contributed by atoms with Crippen LogP contribution in [0.4, 0.5) is 0 Å². The van der Waals surface area contributed by atoms with E-state index in [4.69, 9.17) is 4.74 Å². The highest BCUT2D eigenvalue weighted by molar-refractivity contribution is 5.73. The maximum atomic E-state index is 10.9. The van der Waals surface area contributed by atoms with Crippen molar-refractivity contribution in [3.8, 4) is 0 Å². The molecule has 1 aliphatic rings. The summed E-state index contributed by atoms with van der Waals surface area (Å²) in [5, 5.41) is 0. The van der Waals surface area contributed by atoms with Gasteiger partial charge in [-0.2, -0.15) is 0 Å². The van der Waals surface area contributed by atoms with Gasteiger partial charge in [-0.1, -0.05) is 18.9 Å². The number of rotatable bonds is 2. The van der Waals surface area contributed by atoms with Crippen molar-refractivity contribution >= 4 is 5.97 Å². The molecular weight excluding hydrogens is 140 g/mol. The van der Waals surface area contributed by atoms with Gasteiger partial charge in [-0.3, -0.25) is 4.79 Å². The van der Waals surface area contributed by atoms with Crippen LogP contribution in [0.2, 0.25) is 0 Å². The molecule has 0 aliphatic carbocycles. The lowest BCUT2D eigenvalue weighted by atomic mass is 10.1. The molecule has 0 bridgehead atoms. The second kappa shape index (κ2) is 3.56. The standard InChI is InChI=1S/C9H14O2/c1-3-4-8-5-7(2)6-9(10)11-8/h5,8H,3-4,6H2,1-2H3. The van der Waals surface area contributed by atoms with Crippen molar-refractivity contribution in [1.29, 1.82) is 0 Å². The van der Waals surface area contributed by atoms with E-state index < -0.39 is 0 Å². The molecule has 0 spiro atoms. The monoisotopic (exact) mass is 154 g/mol. The Kier molecular flexibility index (Phi) is 2.69. The molecule has 1 rings (SSSR count). The van der Waals surface area contributed by atoms with E-state index in [-0.39, 0.29) is 12.1 Å². The maximum absolute atomic E-state index is 10.9. The molecule has 0 amide bonds. The number of esters is 1. The Hall–Kier alpha value is -0.790. The minimum Gasteiger partial charge on any atom is -0.458 e. The third-order valence-electron chi connectivity index (χ3n) is 1.75. The van der Waals surface area contributed by atoms with Crippen LogP contribution in [0.25, 0.3) is 0 Å². The third kappa shape index (κ3) is 2.37. The maximum Gasteiger partial charge on any atom is 0.310 e. The normalized spacial score (nSPS) is 24.4. The minimum absolute atomic E-state index is 0.0428. The van der Waals surface area contributed by atoms with Gasteiger partial charge < -0.3 is 4.74 Å². The van der Waals surface area contributed by atoms with Gasteiger partial charge in [0, 0.05) is 0 Å². The van der Waals surface area contributed by atoms with Gasteiger partial charge in [-0.25, -0.2) is 0 Å². The molecule has 1 heterocycles. The number of carbonyl (C=O) groups excluding carboxylic acids is 1. The Labute approximate surface area is 67.2 Å². The van der Waals surface area contributed by atoms with Crippen LogP contribution in [-0.4, -0.2) is 12.1 Å². The zero-order valence-electron chi connectivity index (χ0n) is 7.09. The van der Waals surface area contributed by atoms with Crippen LogP contribution < -0.4 is 0 Å². The van der Waals surface area contributed by atoms with Crippen LogP contribution in [0.3, 0.4) is 0 Å². The topological polar surface area (TPSA) is 26.3 Å². The summed E-state index contributed by atoms with van der Waals surface area (Å²) in [6.07, 6.45) is 4.57. The van der Waals surface area contributed by atoms with E-state index in [0.717, 1.165) is 18.4 Å². The lowest BCUT2D eigenvalue weighted by molar-refractivity contribution is -0.147. The summed E-state index contributed by atoms with van der Waals surface area (Å²) in [6, 6.07) is 0. The Balaban J connectivity index is 2.54. The van der Waals surface area contributed by atoms with Gasteiger partial charge in [0.05, 0.1) is 6.42 Å². The summed E-state index contributed by atoms with van der Waals surface area (Å²) in [7, 11) is 0. The summed E-state index contributed by atoms with van der Waals surface area (Å²) in [5.74, 6) is -0.0801. The van der Waals surface area contributed by atoms with Crippen molar-refractivity contribution in [3.63, 3.8) is 0 Å². The SMILES string of the molecule is CCCC1C=C(C)CC(=O)O1. The van der Waals surface area contributed by atoms with Gasteiger partial charge in [0.25, 0.3) is 0 Å². The third-order valence-corrected chi connectivity index (χ3v) is 1.75. The average Bonchev–Trinajstić information content (AvgIpc) is 1.85. The highest BCUT2D eigenvalue weighted by atomic mass is 16.5.